The number of carbonyl (C=O) groups is 2. The molecule has 2 N–H and O–H groups in total. The van der Waals surface area contributed by atoms with E-state index in [1.807, 2.05) is 39.8 Å². The van der Waals surface area contributed by atoms with Gasteiger partial charge in [0, 0.05) is 18.6 Å². The van der Waals surface area contributed by atoms with Crippen LogP contribution >= 0.6 is 0 Å². The molecule has 1 amide bonds. The summed E-state index contributed by atoms with van der Waals surface area (Å²) in [6.45, 7) is 7.78. The number of ether oxygens (including phenoxy) is 1. The van der Waals surface area contributed by atoms with Crippen molar-refractivity contribution in [2.45, 2.75) is 45.8 Å². The average molecular weight is 293 g/mol. The van der Waals surface area contributed by atoms with Crippen LogP contribution in [-0.2, 0) is 9.53 Å². The largest absolute Gasteiger partial charge is 0.480 e. The topological polar surface area (TPSA) is 75.6 Å². The molecule has 0 saturated heterocycles. The van der Waals surface area contributed by atoms with Crippen LogP contribution in [0.3, 0.4) is 0 Å². The lowest BCUT2D eigenvalue weighted by Crippen LogP contribution is -2.42. The van der Waals surface area contributed by atoms with E-state index in [-0.39, 0.29) is 24.5 Å². The third-order valence-electron chi connectivity index (χ3n) is 2.93. The Bertz CT molecular complexity index is 505. The number of benzene rings is 1. The molecule has 0 aromatic heterocycles. The molecule has 0 aliphatic rings. The normalized spacial score (nSPS) is 12.8. The summed E-state index contributed by atoms with van der Waals surface area (Å²) in [5.74, 6) is -1.44. The van der Waals surface area contributed by atoms with E-state index in [1.165, 1.54) is 0 Å². The Hall–Kier alpha value is -1.88. The van der Waals surface area contributed by atoms with Crippen molar-refractivity contribution in [3.63, 3.8) is 0 Å². The van der Waals surface area contributed by atoms with Crippen LogP contribution in [0.1, 0.15) is 43.1 Å². The standard InChI is InChI=1S/C16H23NO4/c1-11-7-5-6-8-12(11)14(18)17-13(15(19)20)9-10-21-16(2,3)4/h5-8,13H,9-10H2,1-4H3,(H,17,18)(H,19,20). The van der Waals surface area contributed by atoms with Gasteiger partial charge < -0.3 is 15.2 Å². The van der Waals surface area contributed by atoms with Crippen LogP contribution in [0.25, 0.3) is 0 Å². The van der Waals surface area contributed by atoms with Crippen molar-refractivity contribution in [2.75, 3.05) is 6.61 Å². The molecule has 1 rings (SSSR count). The molecule has 116 valence electrons. The van der Waals surface area contributed by atoms with Crippen LogP contribution < -0.4 is 5.32 Å². The Morgan fingerprint density at radius 1 is 1.29 bits per heavy atom. The van der Waals surface area contributed by atoms with Crippen LogP contribution in [0.5, 0.6) is 0 Å². The van der Waals surface area contributed by atoms with Crippen molar-refractivity contribution in [1.29, 1.82) is 0 Å². The lowest BCUT2D eigenvalue weighted by atomic mass is 10.1. The Kier molecular flexibility index (Phi) is 5.90. The lowest BCUT2D eigenvalue weighted by molar-refractivity contribution is -0.140. The summed E-state index contributed by atoms with van der Waals surface area (Å²) in [7, 11) is 0. The molecule has 1 aromatic carbocycles. The van der Waals surface area contributed by atoms with Gasteiger partial charge in [0.25, 0.3) is 5.91 Å². The van der Waals surface area contributed by atoms with Gasteiger partial charge >= 0.3 is 5.97 Å². The number of hydrogen-bond acceptors (Lipinski definition) is 3. The molecule has 21 heavy (non-hydrogen) atoms. The molecule has 5 heteroatoms. The number of hydrogen-bond donors (Lipinski definition) is 2. The third kappa shape index (κ3) is 5.95. The van der Waals surface area contributed by atoms with Gasteiger partial charge in [-0.15, -0.1) is 0 Å². The Balaban J connectivity index is 2.65. The van der Waals surface area contributed by atoms with Gasteiger partial charge in [0.2, 0.25) is 0 Å². The van der Waals surface area contributed by atoms with E-state index < -0.39 is 12.0 Å². The van der Waals surface area contributed by atoms with E-state index in [1.54, 1.807) is 12.1 Å². The highest BCUT2D eigenvalue weighted by atomic mass is 16.5. The summed E-state index contributed by atoms with van der Waals surface area (Å²) in [5, 5.41) is 11.7. The van der Waals surface area contributed by atoms with Crippen LogP contribution in [0.4, 0.5) is 0 Å². The minimum absolute atomic E-state index is 0.226. The van der Waals surface area contributed by atoms with Crippen molar-refractivity contribution in [1.82, 2.24) is 5.32 Å². The van der Waals surface area contributed by atoms with Crippen molar-refractivity contribution >= 4 is 11.9 Å². The van der Waals surface area contributed by atoms with E-state index >= 15 is 0 Å². The van der Waals surface area contributed by atoms with E-state index in [2.05, 4.69) is 5.32 Å². The predicted octanol–water partition coefficient (Wildman–Crippen LogP) is 2.38. The molecule has 0 aliphatic heterocycles. The smallest absolute Gasteiger partial charge is 0.326 e. The van der Waals surface area contributed by atoms with Crippen LogP contribution in [0, 0.1) is 6.92 Å². The molecule has 5 nitrogen and oxygen atoms in total. The SMILES string of the molecule is Cc1ccccc1C(=O)NC(CCOC(C)(C)C)C(=O)O. The Morgan fingerprint density at radius 3 is 2.43 bits per heavy atom. The number of carboxylic acid groups (broad SMARTS) is 1. The highest BCUT2D eigenvalue weighted by Crippen LogP contribution is 2.10. The van der Waals surface area contributed by atoms with Crippen LogP contribution in [0.15, 0.2) is 24.3 Å². The minimum atomic E-state index is -1.06. The third-order valence-corrected chi connectivity index (χ3v) is 2.93. The number of nitrogens with one attached hydrogen (secondary N) is 1. The monoisotopic (exact) mass is 293 g/mol. The van der Waals surface area contributed by atoms with Gasteiger partial charge in [-0.1, -0.05) is 18.2 Å². The number of carbonyl (C=O) groups excluding carboxylic acids is 1. The first-order chi connectivity index (χ1) is 9.70. The molecule has 1 unspecified atom stereocenters. The fourth-order valence-corrected chi connectivity index (χ4v) is 1.80. The Morgan fingerprint density at radius 2 is 1.90 bits per heavy atom. The Labute approximate surface area is 125 Å². The first-order valence-electron chi connectivity index (χ1n) is 6.94. The van der Waals surface area contributed by atoms with Gasteiger partial charge in [-0.05, 0) is 39.3 Å². The minimum Gasteiger partial charge on any atom is -0.480 e. The summed E-state index contributed by atoms with van der Waals surface area (Å²) < 4.78 is 5.51. The maximum Gasteiger partial charge on any atom is 0.326 e. The van der Waals surface area contributed by atoms with Crippen molar-refractivity contribution in [3.8, 4) is 0 Å². The summed E-state index contributed by atoms with van der Waals surface area (Å²) in [6, 6.07) is 6.11. The molecule has 1 aromatic rings. The number of aliphatic carboxylic acids is 1. The van der Waals surface area contributed by atoms with E-state index in [0.29, 0.717) is 5.56 Å². The lowest BCUT2D eigenvalue weighted by Gasteiger charge is -2.21. The molecular formula is C16H23NO4. The zero-order valence-corrected chi connectivity index (χ0v) is 13.0. The van der Waals surface area contributed by atoms with Crippen molar-refractivity contribution in [3.05, 3.63) is 35.4 Å². The van der Waals surface area contributed by atoms with Crippen LogP contribution in [0.2, 0.25) is 0 Å². The quantitative estimate of drug-likeness (QED) is 0.844. The van der Waals surface area contributed by atoms with Crippen molar-refractivity contribution < 1.29 is 19.4 Å². The molecule has 0 bridgehead atoms. The highest BCUT2D eigenvalue weighted by molar-refractivity contribution is 5.97. The summed E-state index contributed by atoms with van der Waals surface area (Å²) in [4.78, 5) is 23.4. The molecule has 1 atom stereocenters. The van der Waals surface area contributed by atoms with E-state index in [0.717, 1.165) is 5.56 Å². The number of aryl methyl sites for hydroxylation is 1. The first-order valence-corrected chi connectivity index (χ1v) is 6.94. The number of rotatable bonds is 6. The van der Waals surface area contributed by atoms with Gasteiger partial charge in [-0.2, -0.15) is 0 Å². The number of carboxylic acids is 1. The second-order valence-electron chi connectivity index (χ2n) is 5.93. The second-order valence-corrected chi connectivity index (χ2v) is 5.93. The summed E-state index contributed by atoms with van der Waals surface area (Å²) in [5.41, 5.74) is 0.967. The second kappa shape index (κ2) is 7.22. The van der Waals surface area contributed by atoms with Gasteiger partial charge in [0.1, 0.15) is 6.04 Å². The zero-order chi connectivity index (χ0) is 16.0. The van der Waals surface area contributed by atoms with Gasteiger partial charge in [-0.3, -0.25) is 4.79 Å². The van der Waals surface area contributed by atoms with Crippen molar-refractivity contribution in [2.24, 2.45) is 0 Å². The van der Waals surface area contributed by atoms with Gasteiger partial charge in [0.05, 0.1) is 5.60 Å². The fourth-order valence-electron chi connectivity index (χ4n) is 1.80. The predicted molar refractivity (Wildman–Crippen MR) is 80.4 cm³/mol. The summed E-state index contributed by atoms with van der Waals surface area (Å²) in [6.07, 6.45) is 0.226. The fraction of sp³-hybridized carbons (Fsp3) is 0.500. The van der Waals surface area contributed by atoms with Crippen LogP contribution in [-0.4, -0.2) is 35.2 Å². The molecule has 0 saturated carbocycles. The van der Waals surface area contributed by atoms with Gasteiger partial charge in [0.15, 0.2) is 0 Å². The molecule has 0 aliphatic carbocycles. The molecule has 0 radical (unpaired) electrons. The number of amides is 1. The van der Waals surface area contributed by atoms with Gasteiger partial charge in [-0.25, -0.2) is 4.79 Å². The maximum atomic E-state index is 12.1. The van der Waals surface area contributed by atoms with E-state index in [9.17, 15) is 14.7 Å². The zero-order valence-electron chi connectivity index (χ0n) is 13.0. The first kappa shape index (κ1) is 17.2. The molecule has 0 heterocycles. The maximum absolute atomic E-state index is 12.1. The summed E-state index contributed by atoms with van der Waals surface area (Å²) >= 11 is 0. The average Bonchev–Trinajstić information content (AvgIpc) is 2.36. The highest BCUT2D eigenvalue weighted by Gasteiger charge is 2.22. The molecule has 0 fully saturated rings. The molecule has 0 spiro atoms. The molecular weight excluding hydrogens is 270 g/mol. The van der Waals surface area contributed by atoms with E-state index in [4.69, 9.17) is 4.74 Å².